The molecule has 0 saturated heterocycles. The van der Waals surface area contributed by atoms with Gasteiger partial charge in [-0.3, -0.25) is 0 Å². The third kappa shape index (κ3) is 2.64. The Morgan fingerprint density at radius 1 is 1.26 bits per heavy atom. The molecule has 0 saturated carbocycles. The predicted octanol–water partition coefficient (Wildman–Crippen LogP) is 3.48. The molecule has 102 valence electrons. The van der Waals surface area contributed by atoms with Crippen molar-refractivity contribution in [3.8, 4) is 0 Å². The van der Waals surface area contributed by atoms with Gasteiger partial charge < -0.3 is 5.73 Å². The fourth-order valence-electron chi connectivity index (χ4n) is 1.81. The molecule has 1 aromatic heterocycles. The third-order valence-electron chi connectivity index (χ3n) is 2.88. The van der Waals surface area contributed by atoms with E-state index >= 15 is 0 Å². The largest absolute Gasteiger partial charge is 0.318 e. The average Bonchev–Trinajstić information content (AvgIpc) is 2.75. The van der Waals surface area contributed by atoms with Gasteiger partial charge >= 0.3 is 0 Å². The van der Waals surface area contributed by atoms with Gasteiger partial charge in [0.25, 0.3) is 0 Å². The SMILES string of the molecule is CCc1nc(C(N)c2cc(F)c(F)c(F)c2)sc1C. The molecule has 0 amide bonds. The molecule has 0 bridgehead atoms. The van der Waals surface area contributed by atoms with Crippen LogP contribution in [0.2, 0.25) is 0 Å². The van der Waals surface area contributed by atoms with Crippen molar-refractivity contribution < 1.29 is 13.2 Å². The highest BCUT2D eigenvalue weighted by Gasteiger charge is 2.19. The molecule has 0 aliphatic carbocycles. The maximum atomic E-state index is 13.2. The first-order valence-corrected chi connectivity index (χ1v) is 6.61. The summed E-state index contributed by atoms with van der Waals surface area (Å²) in [6.45, 7) is 3.88. The molecule has 0 spiro atoms. The van der Waals surface area contributed by atoms with Gasteiger partial charge in [-0.05, 0) is 31.0 Å². The Bertz CT molecular complexity index is 587. The molecule has 2 nitrogen and oxygen atoms in total. The van der Waals surface area contributed by atoms with E-state index in [0.29, 0.717) is 5.01 Å². The Morgan fingerprint density at radius 2 is 1.84 bits per heavy atom. The van der Waals surface area contributed by atoms with Crippen LogP contribution in [0, 0.1) is 24.4 Å². The van der Waals surface area contributed by atoms with Gasteiger partial charge in [0.1, 0.15) is 5.01 Å². The topological polar surface area (TPSA) is 38.9 Å². The Hall–Kier alpha value is -1.40. The number of hydrogen-bond donors (Lipinski definition) is 1. The summed E-state index contributed by atoms with van der Waals surface area (Å²) in [5.41, 5.74) is 7.02. The van der Waals surface area contributed by atoms with Gasteiger partial charge in [0.2, 0.25) is 0 Å². The number of aryl methyl sites for hydroxylation is 2. The van der Waals surface area contributed by atoms with Crippen molar-refractivity contribution in [2.45, 2.75) is 26.3 Å². The molecule has 1 unspecified atom stereocenters. The predicted molar refractivity (Wildman–Crippen MR) is 68.6 cm³/mol. The zero-order chi connectivity index (χ0) is 14.2. The van der Waals surface area contributed by atoms with Crippen molar-refractivity contribution in [2.24, 2.45) is 5.73 Å². The van der Waals surface area contributed by atoms with Gasteiger partial charge in [0, 0.05) is 4.88 Å². The van der Waals surface area contributed by atoms with E-state index in [0.717, 1.165) is 29.1 Å². The summed E-state index contributed by atoms with van der Waals surface area (Å²) in [4.78, 5) is 5.37. The summed E-state index contributed by atoms with van der Waals surface area (Å²) in [6, 6.07) is 1.06. The molecule has 6 heteroatoms. The summed E-state index contributed by atoms with van der Waals surface area (Å²) in [6.07, 6.45) is 0.765. The van der Waals surface area contributed by atoms with Gasteiger partial charge in [0.05, 0.1) is 11.7 Å². The van der Waals surface area contributed by atoms with Crippen LogP contribution in [0.5, 0.6) is 0 Å². The van der Waals surface area contributed by atoms with Crippen LogP contribution in [0.25, 0.3) is 0 Å². The van der Waals surface area contributed by atoms with E-state index in [2.05, 4.69) is 4.98 Å². The average molecular weight is 286 g/mol. The molecule has 0 aliphatic rings. The molecule has 2 aromatic rings. The van der Waals surface area contributed by atoms with Crippen molar-refractivity contribution in [1.29, 1.82) is 0 Å². The van der Waals surface area contributed by atoms with E-state index in [4.69, 9.17) is 5.73 Å². The summed E-state index contributed by atoms with van der Waals surface area (Å²) in [7, 11) is 0. The van der Waals surface area contributed by atoms with Crippen LogP contribution in [0.3, 0.4) is 0 Å². The second kappa shape index (κ2) is 5.30. The number of aromatic nitrogens is 1. The van der Waals surface area contributed by atoms with Crippen molar-refractivity contribution in [1.82, 2.24) is 4.98 Å². The minimum Gasteiger partial charge on any atom is -0.318 e. The quantitative estimate of drug-likeness (QED) is 0.877. The molecular weight excluding hydrogens is 273 g/mol. The highest BCUT2D eigenvalue weighted by molar-refractivity contribution is 7.11. The fourth-order valence-corrected chi connectivity index (χ4v) is 2.85. The highest BCUT2D eigenvalue weighted by atomic mass is 32.1. The Morgan fingerprint density at radius 3 is 2.32 bits per heavy atom. The summed E-state index contributed by atoms with van der Waals surface area (Å²) >= 11 is 1.38. The Kier molecular flexibility index (Phi) is 3.91. The molecule has 1 atom stereocenters. The van der Waals surface area contributed by atoms with Crippen molar-refractivity contribution >= 4 is 11.3 Å². The smallest absolute Gasteiger partial charge is 0.194 e. The second-order valence-corrected chi connectivity index (χ2v) is 5.42. The van der Waals surface area contributed by atoms with Crippen molar-refractivity contribution in [3.05, 3.63) is 50.7 Å². The van der Waals surface area contributed by atoms with Crippen LogP contribution < -0.4 is 5.73 Å². The zero-order valence-corrected chi connectivity index (χ0v) is 11.3. The van der Waals surface area contributed by atoms with Gasteiger partial charge in [-0.15, -0.1) is 11.3 Å². The molecular formula is C13H13F3N2S. The number of halogens is 3. The molecule has 0 aliphatic heterocycles. The molecule has 1 heterocycles. The number of benzene rings is 1. The van der Waals surface area contributed by atoms with Gasteiger partial charge in [-0.1, -0.05) is 6.92 Å². The lowest BCUT2D eigenvalue weighted by Gasteiger charge is -2.09. The lowest BCUT2D eigenvalue weighted by atomic mass is 10.1. The first-order chi connectivity index (χ1) is 8.93. The first kappa shape index (κ1) is 14.0. The molecule has 0 fully saturated rings. The number of nitrogens with zero attached hydrogens (tertiary/aromatic N) is 1. The fraction of sp³-hybridized carbons (Fsp3) is 0.308. The van der Waals surface area contributed by atoms with E-state index in [1.165, 1.54) is 11.3 Å². The summed E-state index contributed by atoms with van der Waals surface area (Å²) < 4.78 is 39.3. The Balaban J connectivity index is 2.40. The summed E-state index contributed by atoms with van der Waals surface area (Å²) in [5.74, 6) is -3.97. The van der Waals surface area contributed by atoms with Crippen LogP contribution in [-0.4, -0.2) is 4.98 Å². The zero-order valence-electron chi connectivity index (χ0n) is 10.5. The van der Waals surface area contributed by atoms with E-state index < -0.39 is 23.5 Å². The van der Waals surface area contributed by atoms with E-state index in [9.17, 15) is 13.2 Å². The number of rotatable bonds is 3. The first-order valence-electron chi connectivity index (χ1n) is 5.80. The van der Waals surface area contributed by atoms with Crippen LogP contribution in [0.1, 0.15) is 34.1 Å². The lowest BCUT2D eigenvalue weighted by molar-refractivity contribution is 0.444. The maximum absolute atomic E-state index is 13.2. The van der Waals surface area contributed by atoms with Crippen LogP contribution in [0.4, 0.5) is 13.2 Å². The van der Waals surface area contributed by atoms with Crippen molar-refractivity contribution in [2.75, 3.05) is 0 Å². The van der Waals surface area contributed by atoms with E-state index in [-0.39, 0.29) is 5.56 Å². The molecule has 19 heavy (non-hydrogen) atoms. The Labute approximate surface area is 113 Å². The van der Waals surface area contributed by atoms with E-state index in [1.54, 1.807) is 0 Å². The number of nitrogens with two attached hydrogens (primary N) is 1. The molecule has 1 aromatic carbocycles. The lowest BCUT2D eigenvalue weighted by Crippen LogP contribution is -2.13. The van der Waals surface area contributed by atoms with Gasteiger partial charge in [0.15, 0.2) is 17.5 Å². The highest BCUT2D eigenvalue weighted by Crippen LogP contribution is 2.28. The maximum Gasteiger partial charge on any atom is 0.194 e. The van der Waals surface area contributed by atoms with Gasteiger partial charge in [-0.25, -0.2) is 18.2 Å². The monoisotopic (exact) mass is 286 g/mol. The van der Waals surface area contributed by atoms with E-state index in [1.807, 2.05) is 13.8 Å². The second-order valence-electron chi connectivity index (χ2n) is 4.18. The number of hydrogen-bond acceptors (Lipinski definition) is 3. The third-order valence-corrected chi connectivity index (χ3v) is 3.97. The standard InChI is InChI=1S/C13H13F3N2S/c1-3-10-6(2)19-13(18-10)12(17)7-4-8(14)11(16)9(15)5-7/h4-5,12H,3,17H2,1-2H3. The molecule has 2 rings (SSSR count). The minimum atomic E-state index is -1.49. The molecule has 0 radical (unpaired) electrons. The number of thiazole rings is 1. The summed E-state index contributed by atoms with van der Waals surface area (Å²) in [5, 5.41) is 0.569. The van der Waals surface area contributed by atoms with Crippen LogP contribution >= 0.6 is 11.3 Å². The normalized spacial score (nSPS) is 12.7. The minimum absolute atomic E-state index is 0.174. The molecule has 2 N–H and O–H groups in total. The van der Waals surface area contributed by atoms with Crippen LogP contribution in [0.15, 0.2) is 12.1 Å². The van der Waals surface area contributed by atoms with Crippen LogP contribution in [-0.2, 0) is 6.42 Å². The van der Waals surface area contributed by atoms with Crippen molar-refractivity contribution in [3.63, 3.8) is 0 Å². The van der Waals surface area contributed by atoms with Gasteiger partial charge in [-0.2, -0.15) is 0 Å².